The molecule has 2 heteroatoms. The van der Waals surface area contributed by atoms with Crippen molar-refractivity contribution in [1.82, 2.24) is 5.32 Å². The highest BCUT2D eigenvalue weighted by atomic mass is 19.1. The van der Waals surface area contributed by atoms with Crippen LogP contribution in [0.1, 0.15) is 24.5 Å². The van der Waals surface area contributed by atoms with Gasteiger partial charge in [0.15, 0.2) is 0 Å². The molecule has 0 radical (unpaired) electrons. The fourth-order valence-corrected chi connectivity index (χ4v) is 2.24. The molecule has 0 aliphatic heterocycles. The lowest BCUT2D eigenvalue weighted by Gasteiger charge is -2.13. The summed E-state index contributed by atoms with van der Waals surface area (Å²) in [6.07, 6.45) is 1.11. The molecular formula is C17H20FN. The van der Waals surface area contributed by atoms with Crippen LogP contribution in [0.15, 0.2) is 42.5 Å². The second kappa shape index (κ2) is 6.48. The number of halogens is 1. The van der Waals surface area contributed by atoms with Gasteiger partial charge >= 0.3 is 0 Å². The monoisotopic (exact) mass is 257 g/mol. The van der Waals surface area contributed by atoms with Gasteiger partial charge in [-0.15, -0.1) is 0 Å². The normalized spacial score (nSPS) is 10.7. The van der Waals surface area contributed by atoms with Crippen LogP contribution in [0.25, 0.3) is 11.1 Å². The molecule has 0 amide bonds. The van der Waals surface area contributed by atoms with E-state index < -0.39 is 0 Å². The lowest BCUT2D eigenvalue weighted by atomic mass is 9.95. The Labute approximate surface area is 114 Å². The maximum absolute atomic E-state index is 13.7. The van der Waals surface area contributed by atoms with Gasteiger partial charge in [0, 0.05) is 6.54 Å². The van der Waals surface area contributed by atoms with Crippen molar-refractivity contribution in [2.75, 3.05) is 6.54 Å². The van der Waals surface area contributed by atoms with Gasteiger partial charge in [-0.2, -0.15) is 0 Å². The van der Waals surface area contributed by atoms with Crippen LogP contribution in [0, 0.1) is 12.7 Å². The Morgan fingerprint density at radius 1 is 1.00 bits per heavy atom. The first kappa shape index (κ1) is 13.8. The summed E-state index contributed by atoms with van der Waals surface area (Å²) in [4.78, 5) is 0. The van der Waals surface area contributed by atoms with Gasteiger partial charge in [-0.1, -0.05) is 43.3 Å². The third-order valence-corrected chi connectivity index (χ3v) is 3.32. The molecule has 1 nitrogen and oxygen atoms in total. The van der Waals surface area contributed by atoms with Crippen molar-refractivity contribution < 1.29 is 4.39 Å². The van der Waals surface area contributed by atoms with Gasteiger partial charge in [-0.05, 0) is 48.2 Å². The Kier molecular flexibility index (Phi) is 4.69. The zero-order chi connectivity index (χ0) is 13.7. The van der Waals surface area contributed by atoms with E-state index in [1.165, 1.54) is 11.6 Å². The number of rotatable bonds is 5. The molecule has 0 unspecified atom stereocenters. The van der Waals surface area contributed by atoms with Crippen LogP contribution in [-0.2, 0) is 6.54 Å². The molecule has 19 heavy (non-hydrogen) atoms. The molecule has 1 N–H and O–H groups in total. The molecule has 0 fully saturated rings. The predicted molar refractivity (Wildman–Crippen MR) is 78.6 cm³/mol. The van der Waals surface area contributed by atoms with Gasteiger partial charge < -0.3 is 5.32 Å². The molecule has 0 atom stereocenters. The smallest absolute Gasteiger partial charge is 0.126 e. The third kappa shape index (κ3) is 3.21. The Morgan fingerprint density at radius 3 is 2.53 bits per heavy atom. The predicted octanol–water partition coefficient (Wildman–Crippen LogP) is 4.30. The Balaban J connectivity index is 2.36. The molecule has 0 bridgehead atoms. The summed E-state index contributed by atoms with van der Waals surface area (Å²) in [5.41, 5.74) is 4.02. The van der Waals surface area contributed by atoms with Crippen molar-refractivity contribution in [3.05, 3.63) is 59.4 Å². The molecule has 0 heterocycles. The highest BCUT2D eigenvalue weighted by Crippen LogP contribution is 2.28. The zero-order valence-electron chi connectivity index (χ0n) is 11.5. The van der Waals surface area contributed by atoms with Crippen LogP contribution in [0.4, 0.5) is 4.39 Å². The van der Waals surface area contributed by atoms with Crippen LogP contribution < -0.4 is 5.32 Å². The fraction of sp³-hybridized carbons (Fsp3) is 0.294. The summed E-state index contributed by atoms with van der Waals surface area (Å²) in [5, 5.41) is 3.40. The maximum atomic E-state index is 13.7. The molecule has 0 saturated carbocycles. The molecule has 0 spiro atoms. The van der Waals surface area contributed by atoms with Crippen molar-refractivity contribution in [3.63, 3.8) is 0 Å². The first-order chi connectivity index (χ1) is 9.24. The number of hydrogen-bond acceptors (Lipinski definition) is 1. The van der Waals surface area contributed by atoms with Crippen molar-refractivity contribution in [1.29, 1.82) is 0 Å². The minimum atomic E-state index is -0.145. The second-order valence-corrected chi connectivity index (χ2v) is 4.75. The van der Waals surface area contributed by atoms with E-state index in [0.29, 0.717) is 5.56 Å². The van der Waals surface area contributed by atoms with E-state index in [-0.39, 0.29) is 5.82 Å². The standard InChI is InChI=1S/C17H20FN/c1-3-11-19-12-14-7-4-5-8-16(14)15-9-6-10-17(18)13(15)2/h4-10,19H,3,11-12H2,1-2H3. The van der Waals surface area contributed by atoms with Gasteiger partial charge in [-0.25, -0.2) is 4.39 Å². The third-order valence-electron chi connectivity index (χ3n) is 3.32. The zero-order valence-corrected chi connectivity index (χ0v) is 11.5. The minimum absolute atomic E-state index is 0.145. The molecule has 2 aromatic rings. The summed E-state index contributed by atoms with van der Waals surface area (Å²) >= 11 is 0. The highest BCUT2D eigenvalue weighted by Gasteiger charge is 2.09. The number of benzene rings is 2. The van der Waals surface area contributed by atoms with Crippen LogP contribution in [-0.4, -0.2) is 6.54 Å². The first-order valence-electron chi connectivity index (χ1n) is 6.78. The van der Waals surface area contributed by atoms with Gasteiger partial charge in [-0.3, -0.25) is 0 Å². The largest absolute Gasteiger partial charge is 0.313 e. The molecule has 0 saturated heterocycles. The topological polar surface area (TPSA) is 12.0 Å². The van der Waals surface area contributed by atoms with Crippen molar-refractivity contribution in [2.24, 2.45) is 0 Å². The van der Waals surface area contributed by atoms with Gasteiger partial charge in [0.1, 0.15) is 5.82 Å². The summed E-state index contributed by atoms with van der Waals surface area (Å²) in [5.74, 6) is -0.145. The van der Waals surface area contributed by atoms with E-state index in [1.807, 2.05) is 25.1 Å². The summed E-state index contributed by atoms with van der Waals surface area (Å²) in [6.45, 7) is 5.80. The van der Waals surface area contributed by atoms with Crippen molar-refractivity contribution in [3.8, 4) is 11.1 Å². The van der Waals surface area contributed by atoms with E-state index in [2.05, 4.69) is 24.4 Å². The quantitative estimate of drug-likeness (QED) is 0.787. The Hall–Kier alpha value is -1.67. The molecule has 100 valence electrons. The molecule has 2 aromatic carbocycles. The highest BCUT2D eigenvalue weighted by molar-refractivity contribution is 5.70. The fourth-order valence-electron chi connectivity index (χ4n) is 2.24. The Bertz CT molecular complexity index is 549. The van der Waals surface area contributed by atoms with E-state index in [1.54, 1.807) is 6.07 Å². The van der Waals surface area contributed by atoms with Crippen molar-refractivity contribution in [2.45, 2.75) is 26.8 Å². The lowest BCUT2D eigenvalue weighted by molar-refractivity contribution is 0.619. The van der Waals surface area contributed by atoms with Gasteiger partial charge in [0.05, 0.1) is 0 Å². The van der Waals surface area contributed by atoms with Crippen LogP contribution >= 0.6 is 0 Å². The molecule has 0 aliphatic rings. The summed E-state index contributed by atoms with van der Waals surface area (Å²) < 4.78 is 13.7. The molecule has 2 rings (SSSR count). The van der Waals surface area contributed by atoms with Gasteiger partial charge in [0.25, 0.3) is 0 Å². The minimum Gasteiger partial charge on any atom is -0.313 e. The Morgan fingerprint density at radius 2 is 1.74 bits per heavy atom. The van der Waals surface area contributed by atoms with Crippen LogP contribution in [0.3, 0.4) is 0 Å². The van der Waals surface area contributed by atoms with Crippen LogP contribution in [0.2, 0.25) is 0 Å². The van der Waals surface area contributed by atoms with Gasteiger partial charge in [0.2, 0.25) is 0 Å². The number of nitrogens with one attached hydrogen (secondary N) is 1. The van der Waals surface area contributed by atoms with E-state index in [0.717, 1.165) is 30.6 Å². The molecule has 0 aromatic heterocycles. The van der Waals surface area contributed by atoms with Crippen LogP contribution in [0.5, 0.6) is 0 Å². The lowest BCUT2D eigenvalue weighted by Crippen LogP contribution is -2.14. The second-order valence-electron chi connectivity index (χ2n) is 4.75. The first-order valence-corrected chi connectivity index (χ1v) is 6.78. The average Bonchev–Trinajstić information content (AvgIpc) is 2.43. The van der Waals surface area contributed by atoms with Crippen molar-refractivity contribution >= 4 is 0 Å². The summed E-state index contributed by atoms with van der Waals surface area (Å²) in [7, 11) is 0. The molecule has 0 aliphatic carbocycles. The number of hydrogen-bond donors (Lipinski definition) is 1. The maximum Gasteiger partial charge on any atom is 0.126 e. The van der Waals surface area contributed by atoms with E-state index in [4.69, 9.17) is 0 Å². The van der Waals surface area contributed by atoms with E-state index in [9.17, 15) is 4.39 Å². The SMILES string of the molecule is CCCNCc1ccccc1-c1cccc(F)c1C. The van der Waals surface area contributed by atoms with E-state index >= 15 is 0 Å². The molecular weight excluding hydrogens is 237 g/mol. The summed E-state index contributed by atoms with van der Waals surface area (Å²) in [6, 6.07) is 13.5. The average molecular weight is 257 g/mol.